The van der Waals surface area contributed by atoms with Gasteiger partial charge in [0.05, 0.1) is 66.6 Å². The van der Waals surface area contributed by atoms with Crippen LogP contribution in [-0.2, 0) is 12.4 Å². The molecule has 65 heavy (non-hydrogen) atoms. The van der Waals surface area contributed by atoms with Crippen LogP contribution in [0.3, 0.4) is 0 Å². The van der Waals surface area contributed by atoms with Gasteiger partial charge in [0.2, 0.25) is 11.6 Å². The lowest BCUT2D eigenvalue weighted by Gasteiger charge is -2.11. The molecule has 4 heterocycles. The Morgan fingerprint density at radius 1 is 0.554 bits per heavy atom. The lowest BCUT2D eigenvalue weighted by molar-refractivity contribution is -0.146. The summed E-state index contributed by atoms with van der Waals surface area (Å²) in [7, 11) is 2.72. The van der Waals surface area contributed by atoms with Gasteiger partial charge in [0, 0.05) is 18.2 Å². The Balaban J connectivity index is 0.000000194. The van der Waals surface area contributed by atoms with Crippen molar-refractivity contribution in [1.29, 1.82) is 0 Å². The van der Waals surface area contributed by atoms with Gasteiger partial charge < -0.3 is 20.1 Å². The van der Waals surface area contributed by atoms with Crippen molar-refractivity contribution in [1.82, 2.24) is 39.0 Å². The fourth-order valence-corrected chi connectivity index (χ4v) is 5.99. The van der Waals surface area contributed by atoms with Gasteiger partial charge in [0.25, 0.3) is 11.8 Å². The Bertz CT molecular complexity index is 3100. The van der Waals surface area contributed by atoms with Gasteiger partial charge in [-0.25, -0.2) is 51.9 Å². The minimum atomic E-state index is -4.84. The van der Waals surface area contributed by atoms with Crippen molar-refractivity contribution in [3.8, 4) is 23.1 Å². The predicted octanol–water partition coefficient (Wildman–Crippen LogP) is 8.89. The number of carbonyl (C=O) groups is 2. The van der Waals surface area contributed by atoms with Crippen LogP contribution >= 0.6 is 0 Å². The minimum absolute atomic E-state index is 0.0158. The average molecular weight is 917 g/mol. The summed E-state index contributed by atoms with van der Waals surface area (Å²) in [5.74, 6) is -11.6. The van der Waals surface area contributed by atoms with E-state index < -0.39 is 76.0 Å². The van der Waals surface area contributed by atoms with Crippen molar-refractivity contribution < 1.29 is 67.4 Å². The first-order chi connectivity index (χ1) is 30.8. The van der Waals surface area contributed by atoms with Gasteiger partial charge in [-0.3, -0.25) is 18.7 Å². The lowest BCUT2D eigenvalue weighted by Crippen LogP contribution is -2.18. The third-order valence-corrected chi connectivity index (χ3v) is 8.90. The van der Waals surface area contributed by atoms with E-state index in [0.717, 1.165) is 41.5 Å². The molecular formula is C40H23F11N10O4. The summed E-state index contributed by atoms with van der Waals surface area (Å²) in [6, 6.07) is 11.8. The number of nitrogens with zero attached hydrogens (tertiary/aromatic N) is 8. The van der Waals surface area contributed by atoms with E-state index in [1.807, 2.05) is 5.32 Å². The van der Waals surface area contributed by atoms with E-state index in [4.69, 9.17) is 9.47 Å². The maximum Gasteiger partial charge on any atom is 0.450 e. The largest absolute Gasteiger partial charge is 0.497 e. The molecule has 4 aromatic heterocycles. The Kier molecular flexibility index (Phi) is 12.1. The number of fused-ring (bicyclic) bond motifs is 2. The number of methoxy groups -OCH3 is 2. The van der Waals surface area contributed by atoms with Crippen LogP contribution in [0.25, 0.3) is 33.7 Å². The summed E-state index contributed by atoms with van der Waals surface area (Å²) in [6.45, 7) is 0. The van der Waals surface area contributed by atoms with E-state index in [0.29, 0.717) is 34.3 Å². The molecule has 0 radical (unpaired) electrons. The average Bonchev–Trinajstić information content (AvgIpc) is 3.85. The second-order valence-corrected chi connectivity index (χ2v) is 13.0. The third kappa shape index (κ3) is 9.28. The number of ether oxygens (including phenoxy) is 2. The second-order valence-electron chi connectivity index (χ2n) is 13.0. The number of nitrogens with one attached hydrogen (secondary N) is 2. The molecule has 2 N–H and O–H groups in total. The third-order valence-electron chi connectivity index (χ3n) is 8.90. The SMILES string of the molecule is COc1ccc2c(c1)nc(C(F)(F)F)n2-c1cnc(NC(=O)c2c(F)ccc(F)c2F)cn1.COc1ccc2c(c1)nc(C(F)(F)F)n2-c1cnc(NC(=O)c2ccc(F)cc2F)cn1. The molecule has 0 aliphatic rings. The lowest BCUT2D eigenvalue weighted by atomic mass is 10.1. The second kappa shape index (κ2) is 17.5. The molecule has 0 aliphatic carbocycles. The van der Waals surface area contributed by atoms with Gasteiger partial charge in [-0.1, -0.05) is 0 Å². The van der Waals surface area contributed by atoms with Crippen LogP contribution in [0.1, 0.15) is 32.4 Å². The molecule has 14 nitrogen and oxygen atoms in total. The minimum Gasteiger partial charge on any atom is -0.497 e. The van der Waals surface area contributed by atoms with Crippen LogP contribution in [-0.4, -0.2) is 65.1 Å². The van der Waals surface area contributed by atoms with Gasteiger partial charge >= 0.3 is 12.4 Å². The molecule has 334 valence electrons. The predicted molar refractivity (Wildman–Crippen MR) is 205 cm³/mol. The van der Waals surface area contributed by atoms with Crippen LogP contribution in [0.2, 0.25) is 0 Å². The highest BCUT2D eigenvalue weighted by Crippen LogP contribution is 2.36. The van der Waals surface area contributed by atoms with Gasteiger partial charge in [-0.05, 0) is 48.5 Å². The van der Waals surface area contributed by atoms with E-state index in [1.165, 1.54) is 50.6 Å². The molecule has 2 amide bonds. The number of carbonyl (C=O) groups excluding carboxylic acids is 2. The van der Waals surface area contributed by atoms with Gasteiger partial charge in [0.15, 0.2) is 34.9 Å². The maximum atomic E-state index is 13.8. The quantitative estimate of drug-likeness (QED) is 0.111. The molecule has 0 aliphatic heterocycles. The number of hydrogen-bond acceptors (Lipinski definition) is 10. The topological polar surface area (TPSA) is 164 Å². The van der Waals surface area contributed by atoms with E-state index in [-0.39, 0.29) is 45.3 Å². The molecular weight excluding hydrogens is 893 g/mol. The van der Waals surface area contributed by atoms with E-state index in [2.05, 4.69) is 35.2 Å². The van der Waals surface area contributed by atoms with Crippen LogP contribution in [0, 0.1) is 29.1 Å². The van der Waals surface area contributed by atoms with Crippen molar-refractivity contribution in [2.75, 3.05) is 24.9 Å². The Morgan fingerprint density at radius 2 is 1.03 bits per heavy atom. The number of aromatic nitrogens is 8. The smallest absolute Gasteiger partial charge is 0.450 e. The van der Waals surface area contributed by atoms with Crippen LogP contribution in [0.5, 0.6) is 11.5 Å². The summed E-state index contributed by atoms with van der Waals surface area (Å²) in [6.07, 6.45) is -5.86. The summed E-state index contributed by atoms with van der Waals surface area (Å²) in [5.41, 5.74) is -1.45. The van der Waals surface area contributed by atoms with Crippen LogP contribution in [0.15, 0.2) is 91.5 Å². The molecule has 0 bridgehead atoms. The summed E-state index contributed by atoms with van der Waals surface area (Å²) in [4.78, 5) is 47.0. The monoisotopic (exact) mass is 916 g/mol. The number of rotatable bonds is 8. The molecule has 0 saturated carbocycles. The highest BCUT2D eigenvalue weighted by Gasteiger charge is 2.40. The summed E-state index contributed by atoms with van der Waals surface area (Å²) < 4.78 is 161. The number of benzene rings is 4. The van der Waals surface area contributed by atoms with Crippen molar-refractivity contribution in [2.24, 2.45) is 0 Å². The number of alkyl halides is 6. The fraction of sp³-hybridized carbons (Fsp3) is 0.100. The van der Waals surface area contributed by atoms with E-state index in [9.17, 15) is 57.9 Å². The highest BCUT2D eigenvalue weighted by molar-refractivity contribution is 6.04. The number of hydrogen-bond donors (Lipinski definition) is 2. The zero-order valence-corrected chi connectivity index (χ0v) is 32.5. The Labute approximate surface area is 355 Å². The van der Waals surface area contributed by atoms with Gasteiger partial charge in [-0.2, -0.15) is 26.3 Å². The van der Waals surface area contributed by atoms with Crippen molar-refractivity contribution >= 4 is 45.5 Å². The van der Waals surface area contributed by atoms with E-state index >= 15 is 0 Å². The van der Waals surface area contributed by atoms with Crippen molar-refractivity contribution in [2.45, 2.75) is 12.4 Å². The first kappa shape index (κ1) is 44.8. The summed E-state index contributed by atoms with van der Waals surface area (Å²) >= 11 is 0. The van der Waals surface area contributed by atoms with Crippen LogP contribution in [0.4, 0.5) is 59.9 Å². The fourth-order valence-electron chi connectivity index (χ4n) is 5.99. The molecule has 0 unspecified atom stereocenters. The van der Waals surface area contributed by atoms with Crippen molar-refractivity contribution in [3.63, 3.8) is 0 Å². The van der Waals surface area contributed by atoms with Gasteiger partial charge in [-0.15, -0.1) is 0 Å². The Hall–Kier alpha value is -8.25. The van der Waals surface area contributed by atoms with Crippen LogP contribution < -0.4 is 20.1 Å². The number of amides is 2. The van der Waals surface area contributed by atoms with E-state index in [1.54, 1.807) is 0 Å². The normalized spacial score (nSPS) is 11.6. The standard InChI is InChI=1S/C20H11F6N5O2.C20H12F5N5O2/c1-33-9-2-5-13-12(6-9)29-19(20(24,25)26)31(13)15-8-27-14(7-28-15)30-18(32)16-10(21)3-4-11(22)17(16)23;1-32-11-3-5-15-14(7-11)28-19(20(23,24)25)30(15)17-9-26-16(8-27-17)29-18(31)12-4-2-10(21)6-13(12)22/h2-8H,1H3,(H,27,30,32);2-9H,1H3,(H,26,29,31). The molecule has 4 aromatic carbocycles. The first-order valence-electron chi connectivity index (χ1n) is 17.9. The molecule has 8 aromatic rings. The number of imidazole rings is 2. The molecule has 25 heteroatoms. The summed E-state index contributed by atoms with van der Waals surface area (Å²) in [5, 5.41) is 4.26. The molecule has 0 atom stereocenters. The molecule has 0 fully saturated rings. The number of halogens is 11. The zero-order chi connectivity index (χ0) is 47.0. The molecule has 8 rings (SSSR count). The highest BCUT2D eigenvalue weighted by atomic mass is 19.4. The van der Waals surface area contributed by atoms with Gasteiger partial charge in [0.1, 0.15) is 34.5 Å². The molecule has 0 saturated heterocycles. The zero-order valence-electron chi connectivity index (χ0n) is 32.5. The Morgan fingerprint density at radius 3 is 1.46 bits per heavy atom. The maximum absolute atomic E-state index is 13.8. The van der Waals surface area contributed by atoms with Crippen molar-refractivity contribution in [3.05, 3.63) is 143 Å². The number of anilines is 2. The first-order valence-corrected chi connectivity index (χ1v) is 17.9. The molecule has 0 spiro atoms.